The number of carbonyl (C=O) groups is 1. The Morgan fingerprint density at radius 3 is 2.67 bits per heavy atom. The van der Waals surface area contributed by atoms with Gasteiger partial charge in [0.2, 0.25) is 6.10 Å². The Morgan fingerprint density at radius 1 is 1.48 bits per heavy atom. The van der Waals surface area contributed by atoms with Gasteiger partial charge in [-0.3, -0.25) is 4.79 Å². The van der Waals surface area contributed by atoms with Gasteiger partial charge in [-0.15, -0.1) is 18.2 Å². The van der Waals surface area contributed by atoms with Gasteiger partial charge in [-0.2, -0.15) is 0 Å². The van der Waals surface area contributed by atoms with Crippen LogP contribution in [0.4, 0.5) is 0 Å². The largest absolute Gasteiger partial charge is 0.437 e. The fourth-order valence-electron chi connectivity index (χ4n) is 2.38. The van der Waals surface area contributed by atoms with Gasteiger partial charge in [-0.1, -0.05) is 38.3 Å². The van der Waals surface area contributed by atoms with E-state index in [0.717, 1.165) is 5.75 Å². The Bertz CT molecular complexity index is 510. The molecule has 0 aromatic carbocycles. The highest BCUT2D eigenvalue weighted by Gasteiger charge is 2.61. The number of allylic oxidation sites excluding steroid dienone is 2. The molecule has 0 radical (unpaired) electrons. The van der Waals surface area contributed by atoms with Gasteiger partial charge in [0.1, 0.15) is 0 Å². The molecule has 0 bridgehead atoms. The summed E-state index contributed by atoms with van der Waals surface area (Å²) in [6.45, 7) is 10.3. The number of terminal acetylenes is 1. The Kier molecular flexibility index (Phi) is 6.43. The number of hydrogen-bond donors (Lipinski definition) is 0. The number of ether oxygens (including phenoxy) is 1. The number of hydrogen-bond acceptors (Lipinski definition) is 3. The zero-order valence-electron chi connectivity index (χ0n) is 13.5. The van der Waals surface area contributed by atoms with E-state index >= 15 is 0 Å². The van der Waals surface area contributed by atoms with Crippen LogP contribution in [-0.4, -0.2) is 23.6 Å². The van der Waals surface area contributed by atoms with Crippen molar-refractivity contribution in [1.82, 2.24) is 0 Å². The van der Waals surface area contributed by atoms with Crippen LogP contribution in [-0.2, 0) is 9.53 Å². The van der Waals surface area contributed by atoms with Crippen LogP contribution < -0.4 is 0 Å². The standard InChI is InChI=1S/C18H24O2S/c1-7-14(10-9-11-21-8-2)20-17(19)16-15(12-13(3)4)18(16,5)6/h1,12,14-16H,8,11H2,2-6H3. The lowest BCUT2D eigenvalue weighted by molar-refractivity contribution is -0.147. The highest BCUT2D eigenvalue weighted by atomic mass is 32.2. The van der Waals surface area contributed by atoms with Gasteiger partial charge in [-0.05, 0) is 42.8 Å². The monoisotopic (exact) mass is 304 g/mol. The maximum Gasteiger partial charge on any atom is 0.312 e. The minimum Gasteiger partial charge on any atom is -0.437 e. The molecule has 3 atom stereocenters. The maximum atomic E-state index is 12.3. The third-order valence-corrected chi connectivity index (χ3v) is 4.43. The van der Waals surface area contributed by atoms with Crippen LogP contribution in [0, 0.1) is 41.4 Å². The van der Waals surface area contributed by atoms with Crippen molar-refractivity contribution in [2.45, 2.75) is 40.7 Å². The van der Waals surface area contributed by atoms with Gasteiger partial charge in [0.25, 0.3) is 0 Å². The van der Waals surface area contributed by atoms with Gasteiger partial charge in [0.05, 0.1) is 11.7 Å². The number of thioether (sulfide) groups is 1. The molecule has 1 fully saturated rings. The molecule has 0 spiro atoms. The molecule has 1 aliphatic rings. The first-order valence-corrected chi connectivity index (χ1v) is 8.37. The molecular formula is C18H24O2S. The van der Waals surface area contributed by atoms with Crippen LogP contribution in [0.15, 0.2) is 11.6 Å². The fraction of sp³-hybridized carbons (Fsp3) is 0.611. The van der Waals surface area contributed by atoms with E-state index in [4.69, 9.17) is 11.2 Å². The Labute approximate surface area is 133 Å². The third kappa shape index (κ3) is 4.87. The van der Waals surface area contributed by atoms with Crippen LogP contribution >= 0.6 is 11.8 Å². The van der Waals surface area contributed by atoms with Crippen molar-refractivity contribution in [2.75, 3.05) is 11.5 Å². The molecule has 1 aliphatic carbocycles. The van der Waals surface area contributed by atoms with Gasteiger partial charge in [0.15, 0.2) is 0 Å². The van der Waals surface area contributed by atoms with E-state index in [2.05, 4.69) is 44.6 Å². The Hall–Kier alpha value is -1.32. The molecular weight excluding hydrogens is 280 g/mol. The first kappa shape index (κ1) is 17.7. The normalized spacial score (nSPS) is 23.0. The van der Waals surface area contributed by atoms with E-state index in [1.807, 2.05) is 13.8 Å². The van der Waals surface area contributed by atoms with Gasteiger partial charge < -0.3 is 4.74 Å². The van der Waals surface area contributed by atoms with E-state index in [0.29, 0.717) is 5.75 Å². The van der Waals surface area contributed by atoms with Gasteiger partial charge in [-0.25, -0.2) is 0 Å². The van der Waals surface area contributed by atoms with Crippen molar-refractivity contribution in [2.24, 2.45) is 17.3 Å². The smallest absolute Gasteiger partial charge is 0.312 e. The molecule has 2 nitrogen and oxygen atoms in total. The summed E-state index contributed by atoms with van der Waals surface area (Å²) in [5, 5.41) is 0. The van der Waals surface area contributed by atoms with Crippen LogP contribution in [0.5, 0.6) is 0 Å². The van der Waals surface area contributed by atoms with Gasteiger partial charge in [0, 0.05) is 0 Å². The molecule has 0 aliphatic heterocycles. The molecule has 0 aromatic heterocycles. The first-order chi connectivity index (χ1) is 9.84. The lowest BCUT2D eigenvalue weighted by Crippen LogP contribution is -2.18. The predicted molar refractivity (Wildman–Crippen MR) is 89.7 cm³/mol. The summed E-state index contributed by atoms with van der Waals surface area (Å²) in [4.78, 5) is 12.3. The molecule has 0 amide bonds. The molecule has 3 unspecified atom stereocenters. The van der Waals surface area contributed by atoms with Crippen molar-refractivity contribution < 1.29 is 9.53 Å². The summed E-state index contributed by atoms with van der Waals surface area (Å²) in [5.74, 6) is 9.82. The molecule has 1 rings (SSSR count). The lowest BCUT2D eigenvalue weighted by Gasteiger charge is -2.07. The maximum absolute atomic E-state index is 12.3. The first-order valence-electron chi connectivity index (χ1n) is 7.22. The lowest BCUT2D eigenvalue weighted by atomic mass is 10.1. The summed E-state index contributed by atoms with van der Waals surface area (Å²) in [5.41, 5.74) is 1.16. The molecule has 0 heterocycles. The van der Waals surface area contributed by atoms with E-state index in [9.17, 15) is 4.79 Å². The highest BCUT2D eigenvalue weighted by molar-refractivity contribution is 7.99. The molecule has 114 valence electrons. The second-order valence-electron chi connectivity index (χ2n) is 6.01. The average Bonchev–Trinajstić information content (AvgIpc) is 2.93. The number of esters is 1. The molecule has 0 saturated heterocycles. The van der Waals surface area contributed by atoms with Crippen LogP contribution in [0.1, 0.15) is 34.6 Å². The second-order valence-corrected chi connectivity index (χ2v) is 7.28. The van der Waals surface area contributed by atoms with Crippen molar-refractivity contribution in [3.8, 4) is 24.2 Å². The van der Waals surface area contributed by atoms with Gasteiger partial charge >= 0.3 is 5.97 Å². The summed E-state index contributed by atoms with van der Waals surface area (Å²) < 4.78 is 5.36. The van der Waals surface area contributed by atoms with Crippen molar-refractivity contribution in [3.63, 3.8) is 0 Å². The minimum absolute atomic E-state index is 0.0566. The van der Waals surface area contributed by atoms with Crippen LogP contribution in [0.2, 0.25) is 0 Å². The topological polar surface area (TPSA) is 26.3 Å². The zero-order valence-corrected chi connectivity index (χ0v) is 14.3. The van der Waals surface area contributed by atoms with Crippen molar-refractivity contribution >= 4 is 17.7 Å². The molecule has 0 N–H and O–H groups in total. The minimum atomic E-state index is -0.737. The Morgan fingerprint density at radius 2 is 2.14 bits per heavy atom. The zero-order chi connectivity index (χ0) is 16.0. The molecule has 0 aromatic rings. The van der Waals surface area contributed by atoms with Crippen molar-refractivity contribution in [1.29, 1.82) is 0 Å². The summed E-state index contributed by atoms with van der Waals surface area (Å²) >= 11 is 1.71. The second kappa shape index (κ2) is 7.62. The Balaban J connectivity index is 2.62. The summed E-state index contributed by atoms with van der Waals surface area (Å²) in [6.07, 6.45) is 6.79. The van der Waals surface area contributed by atoms with Crippen molar-refractivity contribution in [3.05, 3.63) is 11.6 Å². The quantitative estimate of drug-likeness (QED) is 0.336. The molecule has 3 heteroatoms. The number of carbonyl (C=O) groups excluding carboxylic acids is 1. The molecule has 1 saturated carbocycles. The fourth-order valence-corrected chi connectivity index (χ4v) is 2.77. The SMILES string of the molecule is C#CC(C#CCSCC)OC(=O)C1C(C=C(C)C)C1(C)C. The summed E-state index contributed by atoms with van der Waals surface area (Å²) in [6, 6.07) is 0. The molecule has 21 heavy (non-hydrogen) atoms. The predicted octanol–water partition coefficient (Wildman–Crippen LogP) is 3.53. The van der Waals surface area contributed by atoms with E-state index < -0.39 is 6.10 Å². The van der Waals surface area contributed by atoms with Crippen LogP contribution in [0.25, 0.3) is 0 Å². The third-order valence-electron chi connectivity index (χ3n) is 3.67. The van der Waals surface area contributed by atoms with E-state index in [-0.39, 0.29) is 23.2 Å². The van der Waals surface area contributed by atoms with E-state index in [1.165, 1.54) is 5.57 Å². The van der Waals surface area contributed by atoms with E-state index in [1.54, 1.807) is 11.8 Å². The number of rotatable bonds is 5. The average molecular weight is 304 g/mol. The summed E-state index contributed by atoms with van der Waals surface area (Å²) in [7, 11) is 0. The van der Waals surface area contributed by atoms with Crippen LogP contribution in [0.3, 0.4) is 0 Å². The highest BCUT2D eigenvalue weighted by Crippen LogP contribution is 2.59.